The van der Waals surface area contributed by atoms with Crippen molar-refractivity contribution in [3.63, 3.8) is 0 Å². The molecule has 1 unspecified atom stereocenters. The fraction of sp³-hybridized carbons (Fsp3) is 1.00. The van der Waals surface area contributed by atoms with E-state index in [0.717, 1.165) is 19.5 Å². The Labute approximate surface area is 70.8 Å². The molecule has 2 heteroatoms. The van der Waals surface area contributed by atoms with E-state index in [2.05, 4.69) is 25.7 Å². The standard InChI is InChI=1S/C9H22N2/c1-4-7-8-9(10)11(5-2)6-3/h9H,4-8,10H2,1-3H3. The van der Waals surface area contributed by atoms with Gasteiger partial charge in [-0.3, -0.25) is 4.90 Å². The highest BCUT2D eigenvalue weighted by atomic mass is 15.2. The molecular weight excluding hydrogens is 136 g/mol. The molecule has 1 atom stereocenters. The lowest BCUT2D eigenvalue weighted by molar-refractivity contribution is 0.208. The van der Waals surface area contributed by atoms with Crippen molar-refractivity contribution in [1.29, 1.82) is 0 Å². The summed E-state index contributed by atoms with van der Waals surface area (Å²) in [5.74, 6) is 0. The monoisotopic (exact) mass is 158 g/mol. The lowest BCUT2D eigenvalue weighted by atomic mass is 10.2. The third-order valence-electron chi connectivity index (χ3n) is 2.13. The van der Waals surface area contributed by atoms with E-state index in [1.54, 1.807) is 0 Å². The molecule has 2 nitrogen and oxygen atoms in total. The molecule has 0 fully saturated rings. The van der Waals surface area contributed by atoms with Gasteiger partial charge in [0.15, 0.2) is 0 Å². The van der Waals surface area contributed by atoms with Crippen LogP contribution in [0.15, 0.2) is 0 Å². The predicted octanol–water partition coefficient (Wildman–Crippen LogP) is 1.80. The maximum atomic E-state index is 5.95. The summed E-state index contributed by atoms with van der Waals surface area (Å²) in [6, 6.07) is 0. The summed E-state index contributed by atoms with van der Waals surface area (Å²) < 4.78 is 0. The summed E-state index contributed by atoms with van der Waals surface area (Å²) >= 11 is 0. The molecule has 0 aliphatic heterocycles. The predicted molar refractivity (Wildman–Crippen MR) is 50.4 cm³/mol. The van der Waals surface area contributed by atoms with Crippen LogP contribution in [0.2, 0.25) is 0 Å². The largest absolute Gasteiger partial charge is 0.316 e. The zero-order valence-electron chi connectivity index (χ0n) is 8.14. The molecule has 0 spiro atoms. The van der Waals surface area contributed by atoms with Crippen LogP contribution in [-0.2, 0) is 0 Å². The topological polar surface area (TPSA) is 29.3 Å². The molecule has 0 saturated heterocycles. The van der Waals surface area contributed by atoms with E-state index in [4.69, 9.17) is 5.73 Å². The van der Waals surface area contributed by atoms with Crippen LogP contribution in [0.1, 0.15) is 40.0 Å². The normalized spacial score (nSPS) is 13.9. The zero-order chi connectivity index (χ0) is 8.69. The van der Waals surface area contributed by atoms with Crippen LogP contribution in [0.5, 0.6) is 0 Å². The van der Waals surface area contributed by atoms with Crippen LogP contribution < -0.4 is 5.73 Å². The highest BCUT2D eigenvalue weighted by Gasteiger charge is 2.08. The SMILES string of the molecule is CCCCC(N)N(CC)CC. The minimum absolute atomic E-state index is 0.282. The Morgan fingerprint density at radius 2 is 1.73 bits per heavy atom. The Bertz CT molecular complexity index is 79.6. The molecule has 0 radical (unpaired) electrons. The molecule has 0 saturated carbocycles. The second-order valence-corrected chi connectivity index (χ2v) is 2.93. The third kappa shape index (κ3) is 4.38. The second-order valence-electron chi connectivity index (χ2n) is 2.93. The summed E-state index contributed by atoms with van der Waals surface area (Å²) in [7, 11) is 0. The number of rotatable bonds is 6. The van der Waals surface area contributed by atoms with Crippen LogP contribution in [0, 0.1) is 0 Å². The van der Waals surface area contributed by atoms with Crippen LogP contribution in [0.25, 0.3) is 0 Å². The van der Waals surface area contributed by atoms with Gasteiger partial charge in [0.2, 0.25) is 0 Å². The van der Waals surface area contributed by atoms with Gasteiger partial charge in [0, 0.05) is 0 Å². The molecule has 0 aromatic rings. The first-order chi connectivity index (χ1) is 5.26. The Balaban J connectivity index is 3.51. The molecule has 0 rings (SSSR count). The molecule has 0 aromatic heterocycles. The van der Waals surface area contributed by atoms with Gasteiger partial charge in [-0.1, -0.05) is 33.6 Å². The van der Waals surface area contributed by atoms with Gasteiger partial charge in [0.05, 0.1) is 6.17 Å². The van der Waals surface area contributed by atoms with Crippen molar-refractivity contribution < 1.29 is 0 Å². The highest BCUT2D eigenvalue weighted by Crippen LogP contribution is 2.02. The van der Waals surface area contributed by atoms with Gasteiger partial charge in [0.1, 0.15) is 0 Å². The van der Waals surface area contributed by atoms with Gasteiger partial charge in [-0.25, -0.2) is 0 Å². The maximum absolute atomic E-state index is 5.95. The Morgan fingerprint density at radius 3 is 2.09 bits per heavy atom. The summed E-state index contributed by atoms with van der Waals surface area (Å²) in [6.45, 7) is 8.67. The lowest BCUT2D eigenvalue weighted by Crippen LogP contribution is -2.41. The number of unbranched alkanes of at least 4 members (excludes halogenated alkanes) is 1. The summed E-state index contributed by atoms with van der Waals surface area (Å²) in [5.41, 5.74) is 5.95. The van der Waals surface area contributed by atoms with Crippen molar-refractivity contribution in [2.45, 2.75) is 46.2 Å². The van der Waals surface area contributed by atoms with Crippen molar-refractivity contribution >= 4 is 0 Å². The fourth-order valence-corrected chi connectivity index (χ4v) is 1.29. The van der Waals surface area contributed by atoms with Gasteiger partial charge in [-0.05, 0) is 19.5 Å². The van der Waals surface area contributed by atoms with Crippen LogP contribution in [0.3, 0.4) is 0 Å². The molecule has 11 heavy (non-hydrogen) atoms. The Hall–Kier alpha value is -0.0800. The molecule has 0 aliphatic carbocycles. The zero-order valence-corrected chi connectivity index (χ0v) is 8.14. The number of hydrogen-bond donors (Lipinski definition) is 1. The Morgan fingerprint density at radius 1 is 1.18 bits per heavy atom. The van der Waals surface area contributed by atoms with Gasteiger partial charge < -0.3 is 5.73 Å². The van der Waals surface area contributed by atoms with Crippen molar-refractivity contribution in [3.8, 4) is 0 Å². The van der Waals surface area contributed by atoms with E-state index in [1.165, 1.54) is 12.8 Å². The number of nitrogens with two attached hydrogens (primary N) is 1. The van der Waals surface area contributed by atoms with Crippen molar-refractivity contribution in [2.24, 2.45) is 5.73 Å². The molecule has 0 heterocycles. The van der Waals surface area contributed by atoms with Gasteiger partial charge in [0.25, 0.3) is 0 Å². The van der Waals surface area contributed by atoms with Crippen molar-refractivity contribution in [2.75, 3.05) is 13.1 Å². The van der Waals surface area contributed by atoms with Gasteiger partial charge in [-0.15, -0.1) is 0 Å². The highest BCUT2D eigenvalue weighted by molar-refractivity contribution is 4.61. The summed E-state index contributed by atoms with van der Waals surface area (Å²) in [6.07, 6.45) is 3.91. The first-order valence-corrected chi connectivity index (χ1v) is 4.75. The average Bonchev–Trinajstić information content (AvgIpc) is 2.03. The third-order valence-corrected chi connectivity index (χ3v) is 2.13. The molecular formula is C9H22N2. The van der Waals surface area contributed by atoms with E-state index in [-0.39, 0.29) is 6.17 Å². The molecule has 0 aliphatic rings. The summed E-state index contributed by atoms with van der Waals surface area (Å²) in [5, 5.41) is 0. The van der Waals surface area contributed by atoms with Gasteiger partial charge >= 0.3 is 0 Å². The molecule has 0 aromatic carbocycles. The number of hydrogen-bond acceptors (Lipinski definition) is 2. The lowest BCUT2D eigenvalue weighted by Gasteiger charge is -2.25. The van der Waals surface area contributed by atoms with Gasteiger partial charge in [-0.2, -0.15) is 0 Å². The minimum atomic E-state index is 0.282. The van der Waals surface area contributed by atoms with E-state index in [0.29, 0.717) is 0 Å². The second kappa shape index (κ2) is 6.62. The van der Waals surface area contributed by atoms with E-state index in [1.807, 2.05) is 0 Å². The first-order valence-electron chi connectivity index (χ1n) is 4.75. The minimum Gasteiger partial charge on any atom is -0.316 e. The van der Waals surface area contributed by atoms with E-state index in [9.17, 15) is 0 Å². The van der Waals surface area contributed by atoms with Crippen molar-refractivity contribution in [3.05, 3.63) is 0 Å². The van der Waals surface area contributed by atoms with Crippen LogP contribution in [0.4, 0.5) is 0 Å². The van der Waals surface area contributed by atoms with E-state index < -0.39 is 0 Å². The van der Waals surface area contributed by atoms with Crippen LogP contribution >= 0.6 is 0 Å². The quantitative estimate of drug-likeness (QED) is 0.597. The maximum Gasteiger partial charge on any atom is 0.0571 e. The summed E-state index contributed by atoms with van der Waals surface area (Å²) in [4.78, 5) is 2.30. The van der Waals surface area contributed by atoms with Crippen molar-refractivity contribution in [1.82, 2.24) is 4.90 Å². The fourth-order valence-electron chi connectivity index (χ4n) is 1.29. The van der Waals surface area contributed by atoms with E-state index >= 15 is 0 Å². The average molecular weight is 158 g/mol. The molecule has 0 amide bonds. The smallest absolute Gasteiger partial charge is 0.0571 e. The van der Waals surface area contributed by atoms with Crippen LogP contribution in [-0.4, -0.2) is 24.2 Å². The molecule has 0 bridgehead atoms. The number of nitrogens with zero attached hydrogens (tertiary/aromatic N) is 1. The molecule has 68 valence electrons. The molecule has 2 N–H and O–H groups in total. The Kier molecular flexibility index (Phi) is 6.57. The first kappa shape index (κ1) is 10.9.